The molecule has 0 bridgehead atoms. The summed E-state index contributed by atoms with van der Waals surface area (Å²) in [6, 6.07) is 0.169. The summed E-state index contributed by atoms with van der Waals surface area (Å²) in [6.07, 6.45) is 13.9. The van der Waals surface area contributed by atoms with E-state index in [4.69, 9.17) is 9.47 Å². The number of aliphatic hydroxyl groups excluding tert-OH is 1. The first-order valence-electron chi connectivity index (χ1n) is 20.8. The molecule has 1 aliphatic heterocycles. The Balaban J connectivity index is 1.15. The van der Waals surface area contributed by atoms with E-state index in [1.54, 1.807) is 0 Å². The predicted octanol–water partition coefficient (Wildman–Crippen LogP) is 8.70. The Morgan fingerprint density at radius 3 is 2.10 bits per heavy atom. The lowest BCUT2D eigenvalue weighted by Gasteiger charge is -2.71. The molecule has 0 aromatic rings. The van der Waals surface area contributed by atoms with Gasteiger partial charge in [-0.3, -0.25) is 4.79 Å². The van der Waals surface area contributed by atoms with Crippen LogP contribution in [0.1, 0.15) is 172 Å². The molecule has 0 radical (unpaired) electrons. The number of unbranched alkanes of at least 4 members (excludes halogenated alkanes) is 4. The normalized spacial score (nSPS) is 42.0. The zero-order chi connectivity index (χ0) is 37.8. The van der Waals surface area contributed by atoms with Gasteiger partial charge in [-0.2, -0.15) is 0 Å². The molecule has 4 saturated carbocycles. The fourth-order valence-electron chi connectivity index (χ4n) is 13.1. The summed E-state index contributed by atoms with van der Waals surface area (Å²) in [5.74, 6) is 1.62. The molecule has 8 heteroatoms. The average molecular weight is 717 g/mol. The van der Waals surface area contributed by atoms with Crippen LogP contribution in [0.5, 0.6) is 0 Å². The van der Waals surface area contributed by atoms with E-state index in [9.17, 15) is 19.8 Å². The number of aliphatic hydroxyl groups is 2. The number of amides is 2. The predicted molar refractivity (Wildman–Crippen MR) is 203 cm³/mol. The molecule has 8 nitrogen and oxygen atoms in total. The third-order valence-electron chi connectivity index (χ3n) is 15.9. The number of hydrogen-bond acceptors (Lipinski definition) is 6. The second-order valence-electron chi connectivity index (χ2n) is 21.0. The summed E-state index contributed by atoms with van der Waals surface area (Å²) >= 11 is 0. The van der Waals surface area contributed by atoms with Crippen molar-refractivity contribution in [1.29, 1.82) is 0 Å². The molecule has 4 N–H and O–H groups in total. The van der Waals surface area contributed by atoms with Gasteiger partial charge in [0, 0.05) is 19.0 Å². The molecule has 0 spiro atoms. The number of rotatable bonds is 11. The molecule has 294 valence electrons. The second kappa shape index (κ2) is 14.4. The van der Waals surface area contributed by atoms with Gasteiger partial charge in [0.05, 0.1) is 23.4 Å². The number of alkyl carbamates (subject to hydrolysis) is 1. The maximum absolute atomic E-state index is 13.3. The van der Waals surface area contributed by atoms with E-state index in [2.05, 4.69) is 52.2 Å². The Morgan fingerprint density at radius 1 is 0.804 bits per heavy atom. The van der Waals surface area contributed by atoms with Gasteiger partial charge >= 0.3 is 6.09 Å². The summed E-state index contributed by atoms with van der Waals surface area (Å²) in [5, 5.41) is 29.3. The van der Waals surface area contributed by atoms with Crippen LogP contribution in [-0.2, 0) is 14.3 Å². The van der Waals surface area contributed by atoms with Crippen molar-refractivity contribution in [3.05, 3.63) is 0 Å². The Morgan fingerprint density at radius 2 is 1.45 bits per heavy atom. The van der Waals surface area contributed by atoms with Crippen molar-refractivity contribution >= 4 is 12.0 Å². The van der Waals surface area contributed by atoms with E-state index < -0.39 is 11.2 Å². The zero-order valence-electron chi connectivity index (χ0n) is 34.4. The molecule has 1 saturated heterocycles. The molecule has 11 atom stereocenters. The van der Waals surface area contributed by atoms with Gasteiger partial charge < -0.3 is 30.3 Å². The fourth-order valence-corrected chi connectivity index (χ4v) is 13.1. The Kier molecular flexibility index (Phi) is 11.5. The van der Waals surface area contributed by atoms with E-state index in [0.29, 0.717) is 30.7 Å². The van der Waals surface area contributed by atoms with E-state index in [1.807, 2.05) is 34.6 Å². The largest absolute Gasteiger partial charge is 0.444 e. The highest BCUT2D eigenvalue weighted by molar-refractivity contribution is 5.76. The number of fused-ring (bicyclic) bond motifs is 5. The quantitative estimate of drug-likeness (QED) is 0.159. The monoisotopic (exact) mass is 717 g/mol. The second-order valence-corrected chi connectivity index (χ2v) is 21.0. The summed E-state index contributed by atoms with van der Waals surface area (Å²) in [7, 11) is 0. The van der Waals surface area contributed by atoms with Gasteiger partial charge in [0.1, 0.15) is 5.60 Å². The molecular formula is C43H76N2O6. The number of nitrogens with one attached hydrogen (secondary N) is 2. The van der Waals surface area contributed by atoms with Crippen LogP contribution in [0.4, 0.5) is 4.79 Å². The molecule has 5 aliphatic rings. The minimum atomic E-state index is -0.857. The number of carbonyl (C=O) groups excluding carboxylic acids is 2. The van der Waals surface area contributed by atoms with Crippen LogP contribution in [0.3, 0.4) is 0 Å². The standard InChI is InChI=1S/C43H76N2O6/c1-37(2,3)51-36(48)44-26-16-14-12-13-15-17-34(47)45-32-20-22-40(8)30(38(32,4)5)19-24-41(9)31(40)27-29(46)35-28(18-23-42(35,41)10)43(11)25-21-33(50-43)39(6,7)49/h28-33,35,46,49H,12-27H2,1-11H3,(H,44,48)(H,45,47)/t28-,29+,30-,31+,32-,33+,35-,40-,41+,42+,43-/m0/s1. The maximum Gasteiger partial charge on any atom is 0.407 e. The SMILES string of the molecule is CC(C)(C)OC(=O)NCCCCCCCC(=O)N[C@H]1CC[C@]2(C)[C@H]3C[C@@H](O)[C@@H]4[C@@H]([C@]5(C)CC[C@H](C(C)(C)O)O5)CC[C@@]4(C)[C@]3(C)CC[C@H]2C1(C)C. The molecule has 51 heavy (non-hydrogen) atoms. The van der Waals surface area contributed by atoms with Crippen LogP contribution >= 0.6 is 0 Å². The van der Waals surface area contributed by atoms with Gasteiger partial charge in [-0.05, 0) is 158 Å². The van der Waals surface area contributed by atoms with Gasteiger partial charge in [0.2, 0.25) is 5.91 Å². The smallest absolute Gasteiger partial charge is 0.407 e. The Labute approximate surface area is 310 Å². The molecule has 5 fully saturated rings. The van der Waals surface area contributed by atoms with Crippen LogP contribution in [0, 0.1) is 45.3 Å². The first-order chi connectivity index (χ1) is 23.5. The molecule has 5 rings (SSSR count). The number of hydrogen-bond donors (Lipinski definition) is 4. The lowest BCUT2D eigenvalue weighted by atomic mass is 9.35. The minimum Gasteiger partial charge on any atom is -0.444 e. The van der Waals surface area contributed by atoms with Crippen LogP contribution in [0.2, 0.25) is 0 Å². The zero-order valence-corrected chi connectivity index (χ0v) is 34.4. The highest BCUT2D eigenvalue weighted by Crippen LogP contribution is 2.76. The van der Waals surface area contributed by atoms with E-state index in [-0.39, 0.29) is 63.4 Å². The molecule has 2 amide bonds. The maximum atomic E-state index is 13.3. The van der Waals surface area contributed by atoms with E-state index >= 15 is 0 Å². The van der Waals surface area contributed by atoms with Gasteiger partial charge in [-0.15, -0.1) is 0 Å². The summed E-state index contributed by atoms with van der Waals surface area (Å²) in [6.45, 7) is 24.7. The van der Waals surface area contributed by atoms with Crippen LogP contribution in [0.15, 0.2) is 0 Å². The lowest BCUT2D eigenvalue weighted by molar-refractivity contribution is -0.240. The average Bonchev–Trinajstić information content (AvgIpc) is 3.59. The van der Waals surface area contributed by atoms with Crippen molar-refractivity contribution in [1.82, 2.24) is 10.6 Å². The third kappa shape index (κ3) is 7.77. The number of ether oxygens (including phenoxy) is 2. The third-order valence-corrected chi connectivity index (χ3v) is 15.9. The first kappa shape index (κ1) is 40.8. The van der Waals surface area contributed by atoms with Gasteiger partial charge in [-0.25, -0.2) is 4.79 Å². The van der Waals surface area contributed by atoms with E-state index in [0.717, 1.165) is 77.0 Å². The summed E-state index contributed by atoms with van der Waals surface area (Å²) in [4.78, 5) is 25.1. The van der Waals surface area contributed by atoms with Crippen molar-refractivity contribution in [3.63, 3.8) is 0 Å². The van der Waals surface area contributed by atoms with Crippen LogP contribution < -0.4 is 10.6 Å². The minimum absolute atomic E-state index is 0.0245. The topological polar surface area (TPSA) is 117 Å². The molecular weight excluding hydrogens is 640 g/mol. The summed E-state index contributed by atoms with van der Waals surface area (Å²) in [5.41, 5.74) is -1.38. The highest BCUT2D eigenvalue weighted by atomic mass is 16.6. The molecule has 4 aliphatic carbocycles. The summed E-state index contributed by atoms with van der Waals surface area (Å²) < 4.78 is 12.0. The Hall–Kier alpha value is -1.38. The fraction of sp³-hybridized carbons (Fsp3) is 0.953. The highest BCUT2D eigenvalue weighted by Gasteiger charge is 2.72. The number of carbonyl (C=O) groups is 2. The van der Waals surface area contributed by atoms with Gasteiger partial charge in [-0.1, -0.05) is 53.9 Å². The lowest BCUT2D eigenvalue weighted by Crippen LogP contribution is -2.67. The molecule has 1 heterocycles. The van der Waals surface area contributed by atoms with Crippen molar-refractivity contribution in [2.75, 3.05) is 6.54 Å². The van der Waals surface area contributed by atoms with Gasteiger partial charge in [0.15, 0.2) is 0 Å². The van der Waals surface area contributed by atoms with E-state index in [1.165, 1.54) is 12.8 Å². The van der Waals surface area contributed by atoms with Crippen molar-refractivity contribution in [2.45, 2.75) is 208 Å². The molecule has 0 unspecified atom stereocenters. The molecule has 0 aromatic heterocycles. The first-order valence-corrected chi connectivity index (χ1v) is 20.8. The van der Waals surface area contributed by atoms with Crippen molar-refractivity contribution in [2.24, 2.45) is 45.3 Å². The van der Waals surface area contributed by atoms with Crippen LogP contribution in [0.25, 0.3) is 0 Å². The van der Waals surface area contributed by atoms with Crippen molar-refractivity contribution < 1.29 is 29.3 Å². The van der Waals surface area contributed by atoms with Crippen molar-refractivity contribution in [3.8, 4) is 0 Å². The molecule has 0 aromatic carbocycles. The Bertz CT molecular complexity index is 1260. The van der Waals surface area contributed by atoms with Crippen LogP contribution in [-0.4, -0.2) is 63.8 Å². The van der Waals surface area contributed by atoms with Gasteiger partial charge in [0.25, 0.3) is 0 Å².